The molecule has 0 saturated carbocycles. The number of alkyl halides is 1. The fraction of sp³-hybridized carbons (Fsp3) is 0.267. The van der Waals surface area contributed by atoms with Crippen molar-refractivity contribution in [2.45, 2.75) is 19.6 Å². The molecule has 0 spiro atoms. The summed E-state index contributed by atoms with van der Waals surface area (Å²) in [4.78, 5) is 5.78. The van der Waals surface area contributed by atoms with Gasteiger partial charge in [0.05, 0.1) is 5.69 Å². The molecule has 0 aromatic carbocycles. The molecule has 0 bridgehead atoms. The molecule has 0 fully saturated rings. The summed E-state index contributed by atoms with van der Waals surface area (Å²) in [5.41, 5.74) is 9.57. The fourth-order valence-electron chi connectivity index (χ4n) is 2.45. The van der Waals surface area contributed by atoms with Crippen LogP contribution in [0, 0.1) is 6.92 Å². The molecule has 1 aliphatic heterocycles. The van der Waals surface area contributed by atoms with Gasteiger partial charge in [0, 0.05) is 33.8 Å². The number of rotatable bonds is 5. The highest BCUT2D eigenvalue weighted by molar-refractivity contribution is 9.15. The van der Waals surface area contributed by atoms with Crippen molar-refractivity contribution >= 4 is 50.2 Å². The maximum Gasteiger partial charge on any atom is 0.197 e. The Balaban J connectivity index is 1.89. The molecule has 0 amide bonds. The predicted octanol–water partition coefficient (Wildman–Crippen LogP) is 2.77. The van der Waals surface area contributed by atoms with Crippen molar-refractivity contribution in [3.05, 3.63) is 45.3 Å². The molecule has 2 aromatic rings. The number of thiophene rings is 1. The summed E-state index contributed by atoms with van der Waals surface area (Å²) >= 11 is 5.17. The van der Waals surface area contributed by atoms with Crippen LogP contribution in [0.2, 0.25) is 0 Å². The van der Waals surface area contributed by atoms with Gasteiger partial charge in [-0.2, -0.15) is 0 Å². The first-order chi connectivity index (χ1) is 10.6. The summed E-state index contributed by atoms with van der Waals surface area (Å²) in [6, 6.07) is 6.10. The van der Waals surface area contributed by atoms with Gasteiger partial charge in [-0.25, -0.2) is 4.39 Å². The molecule has 1 aliphatic rings. The van der Waals surface area contributed by atoms with Crippen LogP contribution in [-0.4, -0.2) is 25.0 Å². The van der Waals surface area contributed by atoms with Crippen molar-refractivity contribution in [2.24, 2.45) is 5.73 Å². The van der Waals surface area contributed by atoms with Gasteiger partial charge in [0.15, 0.2) is 7.28 Å². The zero-order chi connectivity index (χ0) is 15.7. The van der Waals surface area contributed by atoms with E-state index in [1.165, 1.54) is 4.88 Å². The topological polar surface area (TPSA) is 50.9 Å². The minimum Gasteiger partial charge on any atom is -0.380 e. The standard InChI is InChI=1S/C15H15BBrFN3S/c1-8-5-11(20-7-9-3-2-4-22-9)13-15(21-8)14(17)12(16-13)10(18)6-19/h2-5,10H,6-7,19H2,1H3,(H,20,21). The van der Waals surface area contributed by atoms with E-state index < -0.39 is 6.17 Å². The quantitative estimate of drug-likeness (QED) is 0.786. The molecule has 1 unspecified atom stereocenters. The average Bonchev–Trinajstić information content (AvgIpc) is 3.13. The number of pyridine rings is 1. The molecular formula is C15H15BBrFN3S. The van der Waals surface area contributed by atoms with Crippen molar-refractivity contribution in [1.29, 1.82) is 0 Å². The van der Waals surface area contributed by atoms with Crippen LogP contribution in [0.3, 0.4) is 0 Å². The second kappa shape index (κ2) is 6.52. The molecule has 0 saturated heterocycles. The van der Waals surface area contributed by atoms with Gasteiger partial charge in [-0.1, -0.05) is 11.5 Å². The van der Waals surface area contributed by atoms with Crippen molar-refractivity contribution in [2.75, 3.05) is 11.9 Å². The van der Waals surface area contributed by atoms with Gasteiger partial charge in [-0.05, 0) is 45.8 Å². The van der Waals surface area contributed by atoms with Crippen LogP contribution in [0.5, 0.6) is 0 Å². The van der Waals surface area contributed by atoms with E-state index in [2.05, 4.69) is 37.7 Å². The van der Waals surface area contributed by atoms with E-state index in [9.17, 15) is 4.39 Å². The number of aryl methyl sites for hydroxylation is 1. The van der Waals surface area contributed by atoms with Gasteiger partial charge >= 0.3 is 0 Å². The van der Waals surface area contributed by atoms with Crippen molar-refractivity contribution in [3.8, 4) is 0 Å². The molecule has 3 heterocycles. The number of aromatic nitrogens is 1. The first-order valence-electron chi connectivity index (χ1n) is 6.97. The summed E-state index contributed by atoms with van der Waals surface area (Å²) in [7, 11) is 1.83. The first kappa shape index (κ1) is 15.7. The normalized spacial score (nSPS) is 14.7. The second-order valence-electron chi connectivity index (χ2n) is 5.12. The number of nitrogens with one attached hydrogen (secondary N) is 1. The van der Waals surface area contributed by atoms with E-state index in [0.29, 0.717) is 9.95 Å². The Morgan fingerprint density at radius 2 is 2.36 bits per heavy atom. The van der Waals surface area contributed by atoms with Gasteiger partial charge in [0.2, 0.25) is 0 Å². The van der Waals surface area contributed by atoms with Crippen LogP contribution in [0.25, 0.3) is 4.48 Å². The molecule has 0 aliphatic carbocycles. The maximum atomic E-state index is 14.0. The Bertz CT molecular complexity index is 718. The molecule has 1 atom stereocenters. The maximum absolute atomic E-state index is 14.0. The van der Waals surface area contributed by atoms with Crippen molar-refractivity contribution in [3.63, 3.8) is 0 Å². The van der Waals surface area contributed by atoms with Gasteiger partial charge in [-0.3, -0.25) is 4.98 Å². The number of fused-ring (bicyclic) bond motifs is 1. The second-order valence-corrected chi connectivity index (χ2v) is 6.95. The smallest absolute Gasteiger partial charge is 0.197 e. The number of nitrogens with two attached hydrogens (primary N) is 1. The zero-order valence-corrected chi connectivity index (χ0v) is 14.5. The summed E-state index contributed by atoms with van der Waals surface area (Å²) < 4.78 is 14.7. The van der Waals surface area contributed by atoms with Crippen molar-refractivity contribution in [1.82, 2.24) is 4.98 Å². The van der Waals surface area contributed by atoms with Crippen LogP contribution in [0.1, 0.15) is 16.3 Å². The lowest BCUT2D eigenvalue weighted by Crippen LogP contribution is -2.26. The average molecular weight is 379 g/mol. The van der Waals surface area contributed by atoms with Crippen molar-refractivity contribution < 1.29 is 4.39 Å². The van der Waals surface area contributed by atoms with Crippen LogP contribution in [0.4, 0.5) is 10.1 Å². The molecule has 3 rings (SSSR count). The third-order valence-corrected chi connectivity index (χ3v) is 5.24. The number of halogens is 2. The molecule has 7 heteroatoms. The van der Waals surface area contributed by atoms with Crippen LogP contribution < -0.4 is 16.5 Å². The van der Waals surface area contributed by atoms with E-state index >= 15 is 0 Å². The lowest BCUT2D eigenvalue weighted by atomic mass is 9.65. The summed E-state index contributed by atoms with van der Waals surface area (Å²) in [5, 5.41) is 5.48. The Labute approximate surface area is 142 Å². The molecule has 3 N–H and O–H groups in total. The summed E-state index contributed by atoms with van der Waals surface area (Å²) in [6.07, 6.45) is -1.19. The van der Waals surface area contributed by atoms with Gasteiger partial charge in [-0.15, -0.1) is 11.3 Å². The Hall–Kier alpha value is -1.18. The predicted molar refractivity (Wildman–Crippen MR) is 95.8 cm³/mol. The third-order valence-electron chi connectivity index (χ3n) is 3.53. The van der Waals surface area contributed by atoms with E-state index in [1.807, 2.05) is 26.3 Å². The van der Waals surface area contributed by atoms with E-state index in [4.69, 9.17) is 5.73 Å². The van der Waals surface area contributed by atoms with Gasteiger partial charge in [0.25, 0.3) is 0 Å². The molecule has 22 heavy (non-hydrogen) atoms. The lowest BCUT2D eigenvalue weighted by Gasteiger charge is -2.12. The van der Waals surface area contributed by atoms with Crippen LogP contribution in [0.15, 0.2) is 29.1 Å². The fourth-order valence-corrected chi connectivity index (χ4v) is 3.76. The van der Waals surface area contributed by atoms with E-state index in [-0.39, 0.29) is 6.54 Å². The minimum atomic E-state index is -1.19. The van der Waals surface area contributed by atoms with E-state index in [0.717, 1.165) is 29.1 Å². The number of nitrogens with zero attached hydrogens (tertiary/aromatic N) is 1. The Morgan fingerprint density at radius 3 is 3.05 bits per heavy atom. The molecule has 3 nitrogen and oxygen atoms in total. The summed E-state index contributed by atoms with van der Waals surface area (Å²) in [5.74, 6) is 0. The van der Waals surface area contributed by atoms with Gasteiger partial charge in [0.1, 0.15) is 6.17 Å². The minimum absolute atomic E-state index is 0.0359. The molecular weight excluding hydrogens is 364 g/mol. The monoisotopic (exact) mass is 378 g/mol. The Kier molecular flexibility index (Phi) is 4.66. The van der Waals surface area contributed by atoms with Crippen LogP contribution >= 0.6 is 27.3 Å². The largest absolute Gasteiger partial charge is 0.380 e. The molecule has 113 valence electrons. The number of hydrogen-bond acceptors (Lipinski definition) is 4. The first-order valence-corrected chi connectivity index (χ1v) is 8.64. The highest BCUT2D eigenvalue weighted by Gasteiger charge is 2.29. The van der Waals surface area contributed by atoms with E-state index in [1.54, 1.807) is 11.3 Å². The molecule has 1 radical (unpaired) electrons. The zero-order valence-electron chi connectivity index (χ0n) is 12.1. The number of hydrogen-bond donors (Lipinski definition) is 2. The lowest BCUT2D eigenvalue weighted by molar-refractivity contribution is 0.403. The molecule has 2 aromatic heterocycles. The van der Waals surface area contributed by atoms with Crippen LogP contribution in [-0.2, 0) is 6.54 Å². The summed E-state index contributed by atoms with van der Waals surface area (Å²) in [6.45, 7) is 2.64. The third kappa shape index (κ3) is 2.98. The SMILES string of the molecule is Cc1cc(NCc2cccs2)c2c(n1)C(Br)=C(C(F)CN)[B]2. The highest BCUT2D eigenvalue weighted by Crippen LogP contribution is 2.32. The Morgan fingerprint density at radius 1 is 1.55 bits per heavy atom. The van der Waals surface area contributed by atoms with Gasteiger partial charge < -0.3 is 11.1 Å². The highest BCUT2D eigenvalue weighted by atomic mass is 79.9. The number of anilines is 1.